The van der Waals surface area contributed by atoms with Crippen molar-refractivity contribution in [1.29, 1.82) is 0 Å². The summed E-state index contributed by atoms with van der Waals surface area (Å²) in [7, 11) is -2.02. The van der Waals surface area contributed by atoms with Gasteiger partial charge in [0.1, 0.15) is 0 Å². The Labute approximate surface area is 225 Å². The quantitative estimate of drug-likeness (QED) is 0.0661. The van der Waals surface area contributed by atoms with Crippen LogP contribution in [0.4, 0.5) is 65.9 Å². The molecule has 0 fully saturated rings. The van der Waals surface area contributed by atoms with E-state index in [1.54, 1.807) is 0 Å². The molecule has 0 saturated heterocycles. The molecule has 0 spiro atoms. The van der Waals surface area contributed by atoms with Gasteiger partial charge in [0.15, 0.2) is 69.8 Å². The summed E-state index contributed by atoms with van der Waals surface area (Å²) in [6.07, 6.45) is -4.30. The molecule has 2 nitrogen and oxygen atoms in total. The van der Waals surface area contributed by atoms with E-state index in [9.17, 15) is 39.5 Å². The summed E-state index contributed by atoms with van der Waals surface area (Å²) in [6.45, 7) is 0. The molecular formula is C24H12BF15O2. The van der Waals surface area contributed by atoms with Crippen LogP contribution in [0, 0.1) is 87.3 Å². The molecule has 18 heteroatoms. The molecule has 0 bridgehead atoms. The third kappa shape index (κ3) is 5.07. The first-order chi connectivity index (χ1) is 19.4. The van der Waals surface area contributed by atoms with Gasteiger partial charge in [-0.15, -0.1) is 0 Å². The number of unbranched alkanes of at least 4 members (excludes halogenated alkanes) is 2. The molecule has 0 saturated carbocycles. The molecule has 3 aromatic carbocycles. The molecule has 42 heavy (non-hydrogen) atoms. The SMILES string of the molecule is OB(O)CCCCCC(c1c(F)c(F)c(F)c(F)c1F)(c1c(F)c(F)c(F)c(F)c1F)c1c(F)c(F)c(F)c(F)c1F. The summed E-state index contributed by atoms with van der Waals surface area (Å²) in [5, 5.41) is 17.9. The standard InChI is InChI=1S/C24H12BF15O2/c26-9-6(10(27)16(33)21(38)15(9)32)24(4-2-1-3-5-25(41)42,7-11(28)17(34)22(39)18(35)12(7)29)8-13(30)19(36)23(40)20(37)14(8)31/h41-42H,1-5H2. The molecular weight excluding hydrogens is 616 g/mol. The van der Waals surface area contributed by atoms with Crippen LogP contribution in [0.5, 0.6) is 0 Å². The number of hydrogen-bond acceptors (Lipinski definition) is 2. The second kappa shape index (κ2) is 12.1. The highest BCUT2D eigenvalue weighted by Gasteiger charge is 2.53. The molecule has 228 valence electrons. The molecule has 0 heterocycles. The minimum Gasteiger partial charge on any atom is -0.427 e. The Balaban J connectivity index is 2.71. The fourth-order valence-electron chi connectivity index (χ4n) is 4.58. The number of hydrogen-bond donors (Lipinski definition) is 2. The Hall–Kier alpha value is -3.41. The van der Waals surface area contributed by atoms with Crippen molar-refractivity contribution in [3.05, 3.63) is 104 Å². The second-order valence-electron chi connectivity index (χ2n) is 8.82. The molecule has 3 aromatic rings. The summed E-state index contributed by atoms with van der Waals surface area (Å²) < 4.78 is 219. The Morgan fingerprint density at radius 2 is 0.595 bits per heavy atom. The van der Waals surface area contributed by atoms with Crippen LogP contribution in [0.2, 0.25) is 6.32 Å². The average Bonchev–Trinajstić information content (AvgIpc) is 2.94. The minimum absolute atomic E-state index is 0.376. The van der Waals surface area contributed by atoms with Gasteiger partial charge in [0.2, 0.25) is 17.5 Å². The van der Waals surface area contributed by atoms with Gasteiger partial charge in [-0.05, 0) is 12.7 Å². The van der Waals surface area contributed by atoms with Crippen LogP contribution in [-0.2, 0) is 5.41 Å². The normalized spacial score (nSPS) is 11.9. The van der Waals surface area contributed by atoms with Crippen LogP contribution in [0.25, 0.3) is 0 Å². The summed E-state index contributed by atoms with van der Waals surface area (Å²) in [6, 6.07) is 0. The van der Waals surface area contributed by atoms with Gasteiger partial charge in [-0.25, -0.2) is 65.9 Å². The topological polar surface area (TPSA) is 40.5 Å². The monoisotopic (exact) mass is 628 g/mol. The van der Waals surface area contributed by atoms with Crippen molar-refractivity contribution in [2.75, 3.05) is 0 Å². The van der Waals surface area contributed by atoms with Gasteiger partial charge >= 0.3 is 7.12 Å². The van der Waals surface area contributed by atoms with Crippen molar-refractivity contribution in [2.45, 2.75) is 37.4 Å². The van der Waals surface area contributed by atoms with Crippen LogP contribution in [0.15, 0.2) is 0 Å². The lowest BCUT2D eigenvalue weighted by Gasteiger charge is -2.37. The fraction of sp³-hybridized carbons (Fsp3) is 0.250. The molecule has 0 radical (unpaired) electrons. The Morgan fingerprint density at radius 3 is 0.833 bits per heavy atom. The zero-order chi connectivity index (χ0) is 32.0. The summed E-state index contributed by atoms with van der Waals surface area (Å²) in [5.74, 6) is -45.9. The highest BCUT2D eigenvalue weighted by Crippen LogP contribution is 2.51. The summed E-state index contributed by atoms with van der Waals surface area (Å²) >= 11 is 0. The van der Waals surface area contributed by atoms with E-state index in [4.69, 9.17) is 10.0 Å². The maximum atomic E-state index is 15.2. The lowest BCUT2D eigenvalue weighted by molar-refractivity contribution is 0.307. The first-order valence-electron chi connectivity index (χ1n) is 11.4. The molecule has 0 atom stereocenters. The average molecular weight is 628 g/mol. The third-order valence-electron chi connectivity index (χ3n) is 6.42. The first-order valence-corrected chi connectivity index (χ1v) is 11.4. The molecule has 0 aliphatic heterocycles. The molecule has 0 unspecified atom stereocenters. The molecule has 0 aromatic heterocycles. The van der Waals surface area contributed by atoms with Gasteiger partial charge in [-0.3, -0.25) is 0 Å². The van der Waals surface area contributed by atoms with E-state index in [1.165, 1.54) is 0 Å². The van der Waals surface area contributed by atoms with E-state index in [-0.39, 0.29) is 6.42 Å². The van der Waals surface area contributed by atoms with E-state index in [0.29, 0.717) is 0 Å². The minimum atomic E-state index is -4.53. The van der Waals surface area contributed by atoms with E-state index >= 15 is 26.3 Å². The maximum Gasteiger partial charge on any atom is 0.451 e. The van der Waals surface area contributed by atoms with Gasteiger partial charge in [0.25, 0.3) is 0 Å². The van der Waals surface area contributed by atoms with E-state index in [2.05, 4.69) is 0 Å². The van der Waals surface area contributed by atoms with Gasteiger partial charge < -0.3 is 10.0 Å². The first kappa shape index (κ1) is 33.1. The molecule has 0 amide bonds. The second-order valence-corrected chi connectivity index (χ2v) is 8.82. The van der Waals surface area contributed by atoms with E-state index in [0.717, 1.165) is 0 Å². The zero-order valence-corrected chi connectivity index (χ0v) is 20.2. The van der Waals surface area contributed by atoms with Crippen LogP contribution in [0.3, 0.4) is 0 Å². The molecule has 2 N–H and O–H groups in total. The van der Waals surface area contributed by atoms with Crippen LogP contribution < -0.4 is 0 Å². The van der Waals surface area contributed by atoms with E-state index < -0.39 is 142 Å². The molecule has 0 aliphatic carbocycles. The highest BCUT2D eigenvalue weighted by atomic mass is 19.2. The summed E-state index contributed by atoms with van der Waals surface area (Å²) in [5.41, 5.74) is -12.7. The zero-order valence-electron chi connectivity index (χ0n) is 20.2. The maximum absolute atomic E-state index is 15.2. The van der Waals surface area contributed by atoms with Crippen LogP contribution in [0.1, 0.15) is 42.4 Å². The van der Waals surface area contributed by atoms with Gasteiger partial charge in [0, 0.05) is 16.7 Å². The Bertz CT molecular complexity index is 1310. The van der Waals surface area contributed by atoms with Crippen molar-refractivity contribution in [3.63, 3.8) is 0 Å². The Morgan fingerprint density at radius 1 is 0.357 bits per heavy atom. The fourth-order valence-corrected chi connectivity index (χ4v) is 4.58. The highest BCUT2D eigenvalue weighted by molar-refractivity contribution is 6.40. The van der Waals surface area contributed by atoms with Gasteiger partial charge in [-0.2, -0.15) is 0 Å². The lowest BCUT2D eigenvalue weighted by Crippen LogP contribution is -2.39. The predicted octanol–water partition coefficient (Wildman–Crippen LogP) is 7.14. The van der Waals surface area contributed by atoms with Gasteiger partial charge in [0.05, 0.1) is 5.41 Å². The van der Waals surface area contributed by atoms with Crippen LogP contribution >= 0.6 is 0 Å². The molecule has 3 rings (SSSR count). The molecule has 0 aliphatic rings. The number of benzene rings is 3. The van der Waals surface area contributed by atoms with Crippen molar-refractivity contribution in [3.8, 4) is 0 Å². The van der Waals surface area contributed by atoms with Crippen molar-refractivity contribution >= 4 is 7.12 Å². The van der Waals surface area contributed by atoms with Crippen molar-refractivity contribution in [2.24, 2.45) is 0 Å². The lowest BCUT2D eigenvalue weighted by atomic mass is 9.64. The third-order valence-corrected chi connectivity index (χ3v) is 6.42. The number of halogens is 15. The smallest absolute Gasteiger partial charge is 0.427 e. The summed E-state index contributed by atoms with van der Waals surface area (Å²) in [4.78, 5) is 0. The number of rotatable bonds is 9. The van der Waals surface area contributed by atoms with Crippen molar-refractivity contribution in [1.82, 2.24) is 0 Å². The van der Waals surface area contributed by atoms with Crippen LogP contribution in [-0.4, -0.2) is 17.2 Å². The van der Waals surface area contributed by atoms with Gasteiger partial charge in [-0.1, -0.05) is 19.3 Å². The van der Waals surface area contributed by atoms with E-state index in [1.807, 2.05) is 0 Å². The predicted molar refractivity (Wildman–Crippen MR) is 112 cm³/mol. The van der Waals surface area contributed by atoms with Crippen molar-refractivity contribution < 1.29 is 75.9 Å². The largest absolute Gasteiger partial charge is 0.451 e. The Kier molecular flexibility index (Phi) is 9.51.